The second-order valence-corrected chi connectivity index (χ2v) is 7.27. The number of aliphatic hydroxyl groups is 1. The summed E-state index contributed by atoms with van der Waals surface area (Å²) in [5, 5.41) is 10.6. The number of hydrogen-bond acceptors (Lipinski definition) is 6. The molecule has 8 heteroatoms. The van der Waals surface area contributed by atoms with Gasteiger partial charge in [0.25, 0.3) is 5.91 Å². The van der Waals surface area contributed by atoms with Crippen molar-refractivity contribution < 1.29 is 28.7 Å². The second kappa shape index (κ2) is 8.18. The molecule has 2 aromatic heterocycles. The third kappa shape index (κ3) is 3.81. The van der Waals surface area contributed by atoms with Gasteiger partial charge >= 0.3 is 0 Å². The third-order valence-electron chi connectivity index (χ3n) is 5.39. The van der Waals surface area contributed by atoms with Crippen molar-refractivity contribution in [2.45, 2.75) is 13.0 Å². The minimum absolute atomic E-state index is 0.0139. The lowest BCUT2D eigenvalue weighted by Crippen LogP contribution is -3.14. The fraction of sp³-hybridized carbons (Fsp3) is 0.381. The minimum atomic E-state index is -0.748. The number of furan rings is 1. The number of carbonyl (C=O) groups is 2. The van der Waals surface area contributed by atoms with Crippen LogP contribution in [0.2, 0.25) is 0 Å². The molecule has 1 amide bonds. The molecule has 152 valence electrons. The molecule has 4 heterocycles. The number of Topliss-reactive ketones (excluding diaryl/α,β-unsaturated/α-hetero) is 1. The lowest BCUT2D eigenvalue weighted by Gasteiger charge is -2.29. The second-order valence-electron chi connectivity index (χ2n) is 7.27. The van der Waals surface area contributed by atoms with E-state index in [2.05, 4.69) is 4.98 Å². The Morgan fingerprint density at radius 1 is 1.28 bits per heavy atom. The molecule has 4 rings (SSSR count). The summed E-state index contributed by atoms with van der Waals surface area (Å²) in [5.74, 6) is -0.907. The highest BCUT2D eigenvalue weighted by Gasteiger charge is 2.45. The number of pyridine rings is 1. The zero-order valence-electron chi connectivity index (χ0n) is 16.3. The molecular weight excluding hydrogens is 374 g/mol. The number of nitrogens with zero attached hydrogens (tertiary/aromatic N) is 2. The molecule has 1 fully saturated rings. The van der Waals surface area contributed by atoms with E-state index in [-0.39, 0.29) is 11.3 Å². The monoisotopic (exact) mass is 398 g/mol. The van der Waals surface area contributed by atoms with Crippen molar-refractivity contribution in [1.29, 1.82) is 0 Å². The van der Waals surface area contributed by atoms with Crippen LogP contribution in [0.15, 0.2) is 52.3 Å². The molecule has 1 atom stereocenters. The normalized spacial score (nSPS) is 20.5. The molecular formula is C21H24N3O5+. The first kappa shape index (κ1) is 19.4. The van der Waals surface area contributed by atoms with Gasteiger partial charge in [-0.1, -0.05) is 6.07 Å². The van der Waals surface area contributed by atoms with Crippen LogP contribution in [0, 0.1) is 6.92 Å². The van der Waals surface area contributed by atoms with Crippen molar-refractivity contribution in [3.8, 4) is 0 Å². The number of rotatable bonds is 6. The zero-order chi connectivity index (χ0) is 20.4. The van der Waals surface area contributed by atoms with Crippen LogP contribution in [0.4, 0.5) is 0 Å². The zero-order valence-corrected chi connectivity index (χ0v) is 16.3. The summed E-state index contributed by atoms with van der Waals surface area (Å²) in [7, 11) is 0. The van der Waals surface area contributed by atoms with Crippen LogP contribution in [0.25, 0.3) is 0 Å². The number of morpholine rings is 1. The number of amides is 1. The Balaban J connectivity index is 1.65. The van der Waals surface area contributed by atoms with Crippen LogP contribution in [-0.2, 0) is 9.53 Å². The summed E-state index contributed by atoms with van der Waals surface area (Å²) < 4.78 is 10.8. The van der Waals surface area contributed by atoms with Gasteiger partial charge in [0.1, 0.15) is 24.9 Å². The Hall–Kier alpha value is -2.97. The summed E-state index contributed by atoms with van der Waals surface area (Å²) in [6.45, 7) is 5.95. The summed E-state index contributed by atoms with van der Waals surface area (Å²) in [6.07, 6.45) is 1.61. The standard InChI is InChI=1S/C21H23N3O5/c1-14-5-6-16(29-14)19(25)17-18(15-4-2-3-7-22-15)24(21(27)20(17)26)9-8-23-10-12-28-13-11-23/h2-7,18,26H,8-13H2,1H3/p+1/t18-/m1/s1. The van der Waals surface area contributed by atoms with Crippen molar-refractivity contribution in [1.82, 2.24) is 9.88 Å². The first-order valence-electron chi connectivity index (χ1n) is 9.73. The Labute approximate surface area is 168 Å². The largest absolute Gasteiger partial charge is 0.503 e. The van der Waals surface area contributed by atoms with Gasteiger partial charge in [-0.2, -0.15) is 0 Å². The molecule has 1 saturated heterocycles. The lowest BCUT2D eigenvalue weighted by atomic mass is 9.98. The Kier molecular flexibility index (Phi) is 5.46. The molecule has 0 unspecified atom stereocenters. The summed E-state index contributed by atoms with van der Waals surface area (Å²) in [4.78, 5) is 33.2. The number of nitrogens with one attached hydrogen (secondary N) is 1. The smallest absolute Gasteiger partial charge is 0.290 e. The van der Waals surface area contributed by atoms with E-state index in [0.29, 0.717) is 37.8 Å². The summed E-state index contributed by atoms with van der Waals surface area (Å²) >= 11 is 0. The van der Waals surface area contributed by atoms with E-state index in [9.17, 15) is 14.7 Å². The average Bonchev–Trinajstić information content (AvgIpc) is 3.29. The van der Waals surface area contributed by atoms with Gasteiger partial charge in [0.05, 0.1) is 37.6 Å². The van der Waals surface area contributed by atoms with Gasteiger partial charge in [-0.3, -0.25) is 14.6 Å². The van der Waals surface area contributed by atoms with E-state index in [1.165, 1.54) is 9.80 Å². The van der Waals surface area contributed by atoms with E-state index >= 15 is 0 Å². The first-order valence-corrected chi connectivity index (χ1v) is 9.73. The maximum Gasteiger partial charge on any atom is 0.290 e. The Bertz CT molecular complexity index is 931. The Morgan fingerprint density at radius 2 is 2.07 bits per heavy atom. The Morgan fingerprint density at radius 3 is 2.72 bits per heavy atom. The topological polar surface area (TPSA) is 97.3 Å². The number of aryl methyl sites for hydroxylation is 1. The van der Waals surface area contributed by atoms with Crippen LogP contribution in [0.1, 0.15) is 28.1 Å². The van der Waals surface area contributed by atoms with Crippen molar-refractivity contribution in [3.05, 3.63) is 65.1 Å². The highest BCUT2D eigenvalue weighted by molar-refractivity contribution is 6.14. The summed E-state index contributed by atoms with van der Waals surface area (Å²) in [6, 6.07) is 7.80. The maximum atomic E-state index is 13.1. The van der Waals surface area contributed by atoms with Gasteiger partial charge < -0.3 is 24.1 Å². The van der Waals surface area contributed by atoms with E-state index in [4.69, 9.17) is 9.15 Å². The molecule has 0 radical (unpaired) electrons. The molecule has 2 aromatic rings. The molecule has 2 aliphatic heterocycles. The number of carbonyl (C=O) groups excluding carboxylic acids is 2. The molecule has 8 nitrogen and oxygen atoms in total. The van der Waals surface area contributed by atoms with Crippen LogP contribution in [0.5, 0.6) is 0 Å². The molecule has 2 N–H and O–H groups in total. The number of ketones is 1. The maximum absolute atomic E-state index is 13.1. The fourth-order valence-corrected chi connectivity index (χ4v) is 3.84. The number of quaternary nitrogens is 1. The van der Waals surface area contributed by atoms with E-state index < -0.39 is 23.5 Å². The predicted molar refractivity (Wildman–Crippen MR) is 103 cm³/mol. The number of aromatic nitrogens is 1. The van der Waals surface area contributed by atoms with Gasteiger partial charge in [-0.05, 0) is 31.2 Å². The van der Waals surface area contributed by atoms with Crippen LogP contribution < -0.4 is 4.90 Å². The van der Waals surface area contributed by atoms with Crippen LogP contribution >= 0.6 is 0 Å². The molecule has 0 aliphatic carbocycles. The van der Waals surface area contributed by atoms with Crippen molar-refractivity contribution >= 4 is 11.7 Å². The number of hydrogen-bond donors (Lipinski definition) is 2. The van der Waals surface area contributed by atoms with Gasteiger partial charge in [-0.25, -0.2) is 0 Å². The van der Waals surface area contributed by atoms with Gasteiger partial charge in [0, 0.05) is 6.20 Å². The molecule has 0 spiro atoms. The van der Waals surface area contributed by atoms with Gasteiger partial charge in [0.15, 0.2) is 11.5 Å². The van der Waals surface area contributed by atoms with Gasteiger partial charge in [0.2, 0.25) is 5.78 Å². The van der Waals surface area contributed by atoms with Crippen molar-refractivity contribution in [2.75, 3.05) is 39.4 Å². The highest BCUT2D eigenvalue weighted by atomic mass is 16.5. The number of ether oxygens (including phenoxy) is 1. The third-order valence-corrected chi connectivity index (χ3v) is 5.39. The molecule has 29 heavy (non-hydrogen) atoms. The quantitative estimate of drug-likeness (QED) is 0.687. The minimum Gasteiger partial charge on any atom is -0.503 e. The van der Waals surface area contributed by atoms with Crippen LogP contribution in [0.3, 0.4) is 0 Å². The molecule has 2 aliphatic rings. The lowest BCUT2D eigenvalue weighted by molar-refractivity contribution is -0.907. The first-order chi connectivity index (χ1) is 14.1. The van der Waals surface area contributed by atoms with Crippen LogP contribution in [-0.4, -0.2) is 66.1 Å². The molecule has 0 saturated carbocycles. The fourth-order valence-electron chi connectivity index (χ4n) is 3.84. The van der Waals surface area contributed by atoms with E-state index in [1.807, 2.05) is 0 Å². The predicted octanol–water partition coefficient (Wildman–Crippen LogP) is 0.476. The molecule has 0 bridgehead atoms. The van der Waals surface area contributed by atoms with Crippen molar-refractivity contribution in [3.63, 3.8) is 0 Å². The molecule has 0 aromatic carbocycles. The summed E-state index contributed by atoms with van der Waals surface area (Å²) in [5.41, 5.74) is 0.550. The SMILES string of the molecule is Cc1ccc(C(=O)C2=C(O)C(=O)N(CC[NH+]3CCOCC3)[C@@H]2c2ccccn2)o1. The number of aliphatic hydroxyl groups excluding tert-OH is 1. The van der Waals surface area contributed by atoms with Crippen molar-refractivity contribution in [2.24, 2.45) is 0 Å². The van der Waals surface area contributed by atoms with Gasteiger partial charge in [-0.15, -0.1) is 0 Å². The van der Waals surface area contributed by atoms with E-state index in [1.54, 1.807) is 43.5 Å². The highest BCUT2D eigenvalue weighted by Crippen LogP contribution is 2.37. The average molecular weight is 398 g/mol. The van der Waals surface area contributed by atoms with E-state index in [0.717, 1.165) is 13.1 Å².